The maximum atomic E-state index is 13.0. The molecular weight excluding hydrogens is 394 g/mol. The lowest BCUT2D eigenvalue weighted by Crippen LogP contribution is -2.28. The summed E-state index contributed by atoms with van der Waals surface area (Å²) < 4.78 is 6.93. The number of hydrogen-bond acceptors (Lipinski definition) is 6. The van der Waals surface area contributed by atoms with Crippen molar-refractivity contribution in [2.24, 2.45) is 0 Å². The van der Waals surface area contributed by atoms with Crippen LogP contribution in [0, 0.1) is 0 Å². The maximum absolute atomic E-state index is 13.0. The first-order valence-corrected chi connectivity index (χ1v) is 9.57. The molecule has 8 heteroatoms. The van der Waals surface area contributed by atoms with E-state index in [4.69, 9.17) is 4.74 Å². The molecule has 0 fully saturated rings. The molecule has 0 aliphatic carbocycles. The number of aromatic nitrogens is 4. The van der Waals surface area contributed by atoms with Gasteiger partial charge >= 0.3 is 5.97 Å². The summed E-state index contributed by atoms with van der Waals surface area (Å²) in [7, 11) is 1.66. The lowest BCUT2D eigenvalue weighted by atomic mass is 10.1. The largest absolute Gasteiger partial charge is 0.454 e. The van der Waals surface area contributed by atoms with Crippen LogP contribution in [0.15, 0.2) is 84.9 Å². The van der Waals surface area contributed by atoms with Crippen LogP contribution in [-0.4, -0.2) is 39.1 Å². The number of hydrogen-bond donors (Lipinski definition) is 0. The van der Waals surface area contributed by atoms with Gasteiger partial charge in [-0.3, -0.25) is 4.79 Å². The molecular formula is C23H19N5O3. The zero-order chi connectivity index (χ0) is 21.6. The molecule has 154 valence electrons. The molecule has 0 aliphatic heterocycles. The molecule has 0 atom stereocenters. The second-order valence-corrected chi connectivity index (χ2v) is 6.66. The summed E-state index contributed by atoms with van der Waals surface area (Å²) in [6, 6.07) is 25.0. The number of para-hydroxylation sites is 2. The Morgan fingerprint density at radius 2 is 1.48 bits per heavy atom. The Hall–Kier alpha value is -4.33. The zero-order valence-electron chi connectivity index (χ0n) is 16.8. The first-order chi connectivity index (χ1) is 15.1. The number of benzene rings is 3. The number of ether oxygens (including phenoxy) is 1. The summed E-state index contributed by atoms with van der Waals surface area (Å²) in [6.45, 7) is -0.141. The molecule has 0 N–H and O–H groups in total. The predicted molar refractivity (Wildman–Crippen MR) is 114 cm³/mol. The minimum Gasteiger partial charge on any atom is -0.454 e. The van der Waals surface area contributed by atoms with Crippen molar-refractivity contribution < 1.29 is 14.3 Å². The summed E-state index contributed by atoms with van der Waals surface area (Å²) in [5, 5.41) is 11.5. The highest BCUT2D eigenvalue weighted by atomic mass is 16.5. The number of rotatable bonds is 6. The lowest BCUT2D eigenvalue weighted by Gasteiger charge is -2.18. The first-order valence-electron chi connectivity index (χ1n) is 9.57. The summed E-state index contributed by atoms with van der Waals surface area (Å²) >= 11 is 0. The van der Waals surface area contributed by atoms with Crippen molar-refractivity contribution in [2.75, 3.05) is 11.9 Å². The van der Waals surface area contributed by atoms with Gasteiger partial charge in [0, 0.05) is 12.7 Å². The second-order valence-electron chi connectivity index (χ2n) is 6.66. The van der Waals surface area contributed by atoms with Crippen LogP contribution in [0.4, 0.5) is 5.69 Å². The van der Waals surface area contributed by atoms with Gasteiger partial charge in [-0.1, -0.05) is 48.5 Å². The lowest BCUT2D eigenvalue weighted by molar-refractivity contribution is 0.0456. The van der Waals surface area contributed by atoms with E-state index < -0.39 is 5.97 Å². The summed E-state index contributed by atoms with van der Waals surface area (Å²) in [5.41, 5.74) is 1.90. The fourth-order valence-electron chi connectivity index (χ4n) is 3.07. The molecule has 0 bridgehead atoms. The van der Waals surface area contributed by atoms with Gasteiger partial charge in [0.25, 0.3) is 5.91 Å². The van der Waals surface area contributed by atoms with Gasteiger partial charge in [0.1, 0.15) is 0 Å². The van der Waals surface area contributed by atoms with E-state index >= 15 is 0 Å². The SMILES string of the molecule is CN(C(=O)c1ccccc1C(=O)OCc1nnnn1-c1ccccc1)c1ccccc1. The minimum absolute atomic E-state index is 0.141. The Labute approximate surface area is 178 Å². The van der Waals surface area contributed by atoms with Crippen LogP contribution in [0.5, 0.6) is 0 Å². The van der Waals surface area contributed by atoms with Crippen LogP contribution < -0.4 is 4.90 Å². The van der Waals surface area contributed by atoms with Crippen LogP contribution in [0.25, 0.3) is 5.69 Å². The maximum Gasteiger partial charge on any atom is 0.339 e. The summed E-state index contributed by atoms with van der Waals surface area (Å²) in [6.07, 6.45) is 0. The average Bonchev–Trinajstić information content (AvgIpc) is 3.31. The number of carbonyl (C=O) groups excluding carboxylic acids is 2. The Morgan fingerprint density at radius 3 is 2.19 bits per heavy atom. The molecule has 0 saturated heterocycles. The van der Waals surface area contributed by atoms with Crippen molar-refractivity contribution in [1.29, 1.82) is 0 Å². The Kier molecular flexibility index (Phi) is 5.79. The van der Waals surface area contributed by atoms with Crippen molar-refractivity contribution in [3.8, 4) is 5.69 Å². The highest BCUT2D eigenvalue weighted by Crippen LogP contribution is 2.19. The number of carbonyl (C=O) groups is 2. The Balaban J connectivity index is 1.52. The van der Waals surface area contributed by atoms with Crippen molar-refractivity contribution in [1.82, 2.24) is 20.2 Å². The summed E-state index contributed by atoms with van der Waals surface area (Å²) in [5.74, 6) is -0.578. The molecule has 1 amide bonds. The van der Waals surface area contributed by atoms with Crippen LogP contribution in [0.1, 0.15) is 26.5 Å². The van der Waals surface area contributed by atoms with E-state index in [2.05, 4.69) is 15.5 Å². The van der Waals surface area contributed by atoms with E-state index in [1.165, 1.54) is 9.58 Å². The van der Waals surface area contributed by atoms with E-state index in [9.17, 15) is 9.59 Å². The third-order valence-electron chi connectivity index (χ3n) is 4.69. The predicted octanol–water partition coefficient (Wildman–Crippen LogP) is 3.30. The number of anilines is 1. The summed E-state index contributed by atoms with van der Waals surface area (Å²) in [4.78, 5) is 27.3. The monoisotopic (exact) mass is 413 g/mol. The highest BCUT2D eigenvalue weighted by Gasteiger charge is 2.22. The van der Waals surface area contributed by atoms with Crippen LogP contribution >= 0.6 is 0 Å². The Bertz CT molecular complexity index is 1190. The third-order valence-corrected chi connectivity index (χ3v) is 4.69. The number of nitrogens with zero attached hydrogens (tertiary/aromatic N) is 5. The van der Waals surface area contributed by atoms with Crippen molar-refractivity contribution >= 4 is 17.6 Å². The molecule has 3 aromatic carbocycles. The van der Waals surface area contributed by atoms with E-state index in [-0.39, 0.29) is 23.6 Å². The third kappa shape index (κ3) is 4.32. The van der Waals surface area contributed by atoms with Gasteiger partial charge in [-0.05, 0) is 46.8 Å². The van der Waals surface area contributed by atoms with Gasteiger partial charge in [-0.15, -0.1) is 5.10 Å². The second kappa shape index (κ2) is 9.00. The van der Waals surface area contributed by atoms with Gasteiger partial charge in [0.2, 0.25) is 0 Å². The normalized spacial score (nSPS) is 10.5. The standard InChI is InChI=1S/C23H19N5O3/c1-27(17-10-4-2-5-11-17)22(29)19-14-8-9-15-20(19)23(30)31-16-21-24-25-26-28(21)18-12-6-3-7-13-18/h2-15H,16H2,1H3. The van der Waals surface area contributed by atoms with Gasteiger partial charge < -0.3 is 9.64 Å². The van der Waals surface area contributed by atoms with Crippen molar-refractivity contribution in [3.05, 3.63) is 102 Å². The molecule has 0 radical (unpaired) electrons. The van der Waals surface area contributed by atoms with Crippen LogP contribution in [-0.2, 0) is 11.3 Å². The van der Waals surface area contributed by atoms with E-state index in [1.54, 1.807) is 31.3 Å². The molecule has 8 nitrogen and oxygen atoms in total. The Morgan fingerprint density at radius 1 is 0.871 bits per heavy atom. The van der Waals surface area contributed by atoms with E-state index in [1.807, 2.05) is 60.7 Å². The smallest absolute Gasteiger partial charge is 0.339 e. The fourth-order valence-corrected chi connectivity index (χ4v) is 3.07. The van der Waals surface area contributed by atoms with Crippen molar-refractivity contribution in [3.63, 3.8) is 0 Å². The molecule has 1 aromatic heterocycles. The van der Waals surface area contributed by atoms with E-state index in [0.29, 0.717) is 5.82 Å². The molecule has 0 unspecified atom stereocenters. The highest BCUT2D eigenvalue weighted by molar-refractivity contribution is 6.11. The minimum atomic E-state index is -0.631. The molecule has 4 aromatic rings. The molecule has 0 spiro atoms. The van der Waals surface area contributed by atoms with Gasteiger partial charge in [0.15, 0.2) is 12.4 Å². The van der Waals surface area contributed by atoms with Crippen molar-refractivity contribution in [2.45, 2.75) is 6.61 Å². The number of amides is 1. The topological polar surface area (TPSA) is 90.2 Å². The van der Waals surface area contributed by atoms with Crippen LogP contribution in [0.3, 0.4) is 0 Å². The zero-order valence-corrected chi connectivity index (χ0v) is 16.8. The van der Waals surface area contributed by atoms with Gasteiger partial charge in [-0.25, -0.2) is 4.79 Å². The number of esters is 1. The van der Waals surface area contributed by atoms with Crippen LogP contribution in [0.2, 0.25) is 0 Å². The first kappa shape index (κ1) is 20.0. The fraction of sp³-hybridized carbons (Fsp3) is 0.0870. The molecule has 0 saturated carbocycles. The van der Waals surface area contributed by atoms with E-state index in [0.717, 1.165) is 11.4 Å². The van der Waals surface area contributed by atoms with Gasteiger partial charge in [0.05, 0.1) is 16.8 Å². The average molecular weight is 413 g/mol. The molecule has 1 heterocycles. The van der Waals surface area contributed by atoms with Gasteiger partial charge in [-0.2, -0.15) is 4.68 Å². The molecule has 31 heavy (non-hydrogen) atoms. The molecule has 4 rings (SSSR count). The quantitative estimate of drug-likeness (QED) is 0.451. The number of tetrazole rings is 1. The molecule has 0 aliphatic rings.